The summed E-state index contributed by atoms with van der Waals surface area (Å²) >= 11 is 0. The monoisotopic (exact) mass is 338 g/mol. The van der Waals surface area contributed by atoms with Gasteiger partial charge in [-0.15, -0.1) is 0 Å². The largest absolute Gasteiger partial charge is 0.339 e. The molecule has 132 valence electrons. The van der Waals surface area contributed by atoms with Crippen LogP contribution in [0, 0.1) is 0 Å². The van der Waals surface area contributed by atoms with E-state index in [0.29, 0.717) is 30.1 Å². The molecule has 0 atom stereocenters. The highest BCUT2D eigenvalue weighted by atomic mass is 16.2. The molecule has 0 saturated heterocycles. The summed E-state index contributed by atoms with van der Waals surface area (Å²) in [5.74, 6) is 0.181. The average molecular weight is 338 g/mol. The molecule has 2 aromatic rings. The van der Waals surface area contributed by atoms with Gasteiger partial charge in [-0.2, -0.15) is 0 Å². The fourth-order valence-corrected chi connectivity index (χ4v) is 2.64. The highest BCUT2D eigenvalue weighted by Gasteiger charge is 2.14. The number of nitrogens with one attached hydrogen (secondary N) is 1. The molecule has 2 aromatic carbocycles. The first-order chi connectivity index (χ1) is 12.0. The Labute approximate surface area is 149 Å². The summed E-state index contributed by atoms with van der Waals surface area (Å²) < 4.78 is 0. The minimum Gasteiger partial charge on any atom is -0.339 e. The molecule has 0 spiro atoms. The van der Waals surface area contributed by atoms with Crippen molar-refractivity contribution >= 4 is 17.5 Å². The van der Waals surface area contributed by atoms with Crippen LogP contribution in [0.25, 0.3) is 0 Å². The van der Waals surface area contributed by atoms with Gasteiger partial charge in [0.25, 0.3) is 11.8 Å². The third kappa shape index (κ3) is 4.69. The zero-order chi connectivity index (χ0) is 18.4. The average Bonchev–Trinajstić information content (AvgIpc) is 2.63. The SMILES string of the molecule is CCN(CC)C(=O)c1cccc(C(=O)Nc2ccc(C(C)C)cc2)c1. The molecule has 0 bridgehead atoms. The van der Waals surface area contributed by atoms with Gasteiger partial charge in [0, 0.05) is 29.9 Å². The smallest absolute Gasteiger partial charge is 0.255 e. The Kier molecular flexibility index (Phi) is 6.34. The van der Waals surface area contributed by atoms with E-state index in [-0.39, 0.29) is 11.8 Å². The Bertz CT molecular complexity index is 732. The van der Waals surface area contributed by atoms with Crippen LogP contribution in [0.3, 0.4) is 0 Å². The van der Waals surface area contributed by atoms with Gasteiger partial charge in [0.05, 0.1) is 0 Å². The molecule has 0 aliphatic rings. The number of carbonyl (C=O) groups excluding carboxylic acids is 2. The first-order valence-corrected chi connectivity index (χ1v) is 8.76. The summed E-state index contributed by atoms with van der Waals surface area (Å²) in [5.41, 5.74) is 2.98. The number of nitrogens with zero attached hydrogens (tertiary/aromatic N) is 1. The Balaban J connectivity index is 2.14. The molecule has 0 unspecified atom stereocenters. The first kappa shape index (κ1) is 18.7. The first-order valence-electron chi connectivity index (χ1n) is 8.76. The summed E-state index contributed by atoms with van der Waals surface area (Å²) in [7, 11) is 0. The number of hydrogen-bond acceptors (Lipinski definition) is 2. The maximum atomic E-state index is 12.5. The van der Waals surface area contributed by atoms with E-state index in [9.17, 15) is 9.59 Å². The molecule has 25 heavy (non-hydrogen) atoms. The van der Waals surface area contributed by atoms with Crippen LogP contribution in [0.1, 0.15) is 59.9 Å². The van der Waals surface area contributed by atoms with Crippen molar-refractivity contribution in [1.82, 2.24) is 4.90 Å². The summed E-state index contributed by atoms with van der Waals surface area (Å²) in [4.78, 5) is 26.7. The van der Waals surface area contributed by atoms with E-state index in [1.54, 1.807) is 29.2 Å². The summed E-state index contributed by atoms with van der Waals surface area (Å²) in [6.07, 6.45) is 0. The normalized spacial score (nSPS) is 10.6. The van der Waals surface area contributed by atoms with Gasteiger partial charge in [-0.25, -0.2) is 0 Å². The molecule has 0 fully saturated rings. The predicted molar refractivity (Wildman–Crippen MR) is 102 cm³/mol. The van der Waals surface area contributed by atoms with Gasteiger partial charge in [-0.3, -0.25) is 9.59 Å². The predicted octanol–water partition coefficient (Wildman–Crippen LogP) is 4.54. The molecule has 0 aliphatic heterocycles. The van der Waals surface area contributed by atoms with Crippen molar-refractivity contribution < 1.29 is 9.59 Å². The summed E-state index contributed by atoms with van der Waals surface area (Å²) in [6.45, 7) is 9.44. The molecule has 0 radical (unpaired) electrons. The third-order valence-electron chi connectivity index (χ3n) is 4.26. The molecule has 0 aliphatic carbocycles. The number of rotatable bonds is 6. The molecule has 0 heterocycles. The highest BCUT2D eigenvalue weighted by molar-refractivity contribution is 6.06. The van der Waals surface area contributed by atoms with Crippen LogP contribution in [0.15, 0.2) is 48.5 Å². The van der Waals surface area contributed by atoms with Crippen LogP contribution >= 0.6 is 0 Å². The molecule has 4 nitrogen and oxygen atoms in total. The van der Waals surface area contributed by atoms with Crippen molar-refractivity contribution in [3.8, 4) is 0 Å². The molecule has 1 N–H and O–H groups in total. The molecule has 2 rings (SSSR count). The quantitative estimate of drug-likeness (QED) is 0.840. The number of benzene rings is 2. The van der Waals surface area contributed by atoms with Crippen molar-refractivity contribution in [3.05, 3.63) is 65.2 Å². The zero-order valence-corrected chi connectivity index (χ0v) is 15.4. The van der Waals surface area contributed by atoms with E-state index in [1.807, 2.05) is 38.1 Å². The molecule has 2 amide bonds. The molecule has 0 saturated carbocycles. The van der Waals surface area contributed by atoms with Gasteiger partial charge >= 0.3 is 0 Å². The lowest BCUT2D eigenvalue weighted by Gasteiger charge is -2.18. The second-order valence-corrected chi connectivity index (χ2v) is 6.29. The van der Waals surface area contributed by atoms with Gasteiger partial charge in [0.15, 0.2) is 0 Å². The summed E-state index contributed by atoms with van der Waals surface area (Å²) in [5, 5.41) is 2.88. The molecule has 4 heteroatoms. The number of amides is 2. The maximum Gasteiger partial charge on any atom is 0.255 e. The van der Waals surface area contributed by atoms with E-state index in [1.165, 1.54) is 5.56 Å². The van der Waals surface area contributed by atoms with Crippen LogP contribution in [-0.4, -0.2) is 29.8 Å². The lowest BCUT2D eigenvalue weighted by Crippen LogP contribution is -2.30. The van der Waals surface area contributed by atoms with Gasteiger partial charge in [-0.05, 0) is 55.7 Å². The Hall–Kier alpha value is -2.62. The zero-order valence-electron chi connectivity index (χ0n) is 15.4. The molecular weight excluding hydrogens is 312 g/mol. The summed E-state index contributed by atoms with van der Waals surface area (Å²) in [6, 6.07) is 14.7. The standard InChI is InChI=1S/C21H26N2O2/c1-5-23(6-2)21(25)18-9-7-8-17(14-18)20(24)22-19-12-10-16(11-13-19)15(3)4/h7-15H,5-6H2,1-4H3,(H,22,24). The Morgan fingerprint density at radius 2 is 1.56 bits per heavy atom. The van der Waals surface area contributed by atoms with Crippen molar-refractivity contribution in [2.45, 2.75) is 33.6 Å². The lowest BCUT2D eigenvalue weighted by atomic mass is 10.0. The van der Waals surface area contributed by atoms with E-state index >= 15 is 0 Å². The van der Waals surface area contributed by atoms with Crippen molar-refractivity contribution in [1.29, 1.82) is 0 Å². The van der Waals surface area contributed by atoms with E-state index in [2.05, 4.69) is 19.2 Å². The minimum atomic E-state index is -0.216. The van der Waals surface area contributed by atoms with E-state index in [0.717, 1.165) is 5.69 Å². The number of anilines is 1. The van der Waals surface area contributed by atoms with Crippen LogP contribution in [0.4, 0.5) is 5.69 Å². The molecule has 0 aromatic heterocycles. The van der Waals surface area contributed by atoms with Crippen LogP contribution in [0.5, 0.6) is 0 Å². The van der Waals surface area contributed by atoms with Crippen molar-refractivity contribution in [3.63, 3.8) is 0 Å². The van der Waals surface area contributed by atoms with Gasteiger partial charge < -0.3 is 10.2 Å². The molecular formula is C21H26N2O2. The Morgan fingerprint density at radius 3 is 2.12 bits per heavy atom. The van der Waals surface area contributed by atoms with Crippen LogP contribution in [-0.2, 0) is 0 Å². The van der Waals surface area contributed by atoms with Gasteiger partial charge in [-0.1, -0.05) is 32.0 Å². The second kappa shape index (κ2) is 8.47. The van der Waals surface area contributed by atoms with Crippen LogP contribution < -0.4 is 5.32 Å². The van der Waals surface area contributed by atoms with Crippen LogP contribution in [0.2, 0.25) is 0 Å². The van der Waals surface area contributed by atoms with Gasteiger partial charge in [0.2, 0.25) is 0 Å². The van der Waals surface area contributed by atoms with E-state index in [4.69, 9.17) is 0 Å². The highest BCUT2D eigenvalue weighted by Crippen LogP contribution is 2.18. The van der Waals surface area contributed by atoms with Crippen molar-refractivity contribution in [2.24, 2.45) is 0 Å². The second-order valence-electron chi connectivity index (χ2n) is 6.29. The minimum absolute atomic E-state index is 0.0547. The van der Waals surface area contributed by atoms with E-state index < -0.39 is 0 Å². The topological polar surface area (TPSA) is 49.4 Å². The lowest BCUT2D eigenvalue weighted by molar-refractivity contribution is 0.0773. The Morgan fingerprint density at radius 1 is 0.960 bits per heavy atom. The third-order valence-corrected chi connectivity index (χ3v) is 4.26. The van der Waals surface area contributed by atoms with Gasteiger partial charge in [0.1, 0.15) is 0 Å². The fourth-order valence-electron chi connectivity index (χ4n) is 2.64. The number of hydrogen-bond donors (Lipinski definition) is 1. The van der Waals surface area contributed by atoms with Crippen molar-refractivity contribution in [2.75, 3.05) is 18.4 Å². The number of carbonyl (C=O) groups is 2. The fraction of sp³-hybridized carbons (Fsp3) is 0.333. The maximum absolute atomic E-state index is 12.5.